The average molecular weight is 329 g/mol. The molecule has 0 aromatic heterocycles. The van der Waals surface area contributed by atoms with Crippen molar-refractivity contribution in [3.05, 3.63) is 54.1 Å². The molecule has 2 aromatic rings. The van der Waals surface area contributed by atoms with Gasteiger partial charge in [0.15, 0.2) is 6.61 Å². The highest BCUT2D eigenvalue weighted by molar-refractivity contribution is 7.98. The van der Waals surface area contributed by atoms with E-state index >= 15 is 0 Å². The first-order chi connectivity index (χ1) is 10.9. The Hall–Kier alpha value is -1.94. The number of rotatable bonds is 5. The number of para-hydroxylation sites is 1. The summed E-state index contributed by atoms with van der Waals surface area (Å²) < 4.78 is 5.74. The van der Waals surface area contributed by atoms with Crippen molar-refractivity contribution in [2.75, 3.05) is 18.2 Å². The Bertz CT molecular complexity index is 677. The van der Waals surface area contributed by atoms with Crippen LogP contribution in [0.15, 0.2) is 53.4 Å². The number of carbonyl (C=O) groups is 1. The van der Waals surface area contributed by atoms with Gasteiger partial charge in [-0.05, 0) is 41.5 Å². The van der Waals surface area contributed by atoms with Crippen LogP contribution in [0.25, 0.3) is 0 Å². The number of hydrogen-bond acceptors (Lipinski definition) is 3. The maximum Gasteiger partial charge on any atom is 0.262 e. The number of anilines is 1. The lowest BCUT2D eigenvalue weighted by Gasteiger charge is -2.22. The summed E-state index contributed by atoms with van der Waals surface area (Å²) in [6, 6.07) is 15.6. The molecule has 0 saturated heterocycles. The van der Waals surface area contributed by atoms with Crippen LogP contribution in [0, 0.1) is 0 Å². The van der Waals surface area contributed by atoms with Gasteiger partial charge in [-0.25, -0.2) is 0 Å². The summed E-state index contributed by atoms with van der Waals surface area (Å²) in [6.07, 6.45) is 2.01. The molecule has 0 heterocycles. The highest BCUT2D eigenvalue weighted by atomic mass is 32.2. The van der Waals surface area contributed by atoms with Crippen LogP contribution in [-0.4, -0.2) is 18.8 Å². The zero-order valence-corrected chi connectivity index (χ0v) is 14.9. The fourth-order valence-electron chi connectivity index (χ4n) is 2.25. The Morgan fingerprint density at radius 3 is 2.57 bits per heavy atom. The molecule has 0 bridgehead atoms. The first-order valence-electron chi connectivity index (χ1n) is 7.56. The van der Waals surface area contributed by atoms with Crippen LogP contribution in [0.2, 0.25) is 0 Å². The van der Waals surface area contributed by atoms with E-state index in [9.17, 15) is 4.79 Å². The average Bonchev–Trinajstić information content (AvgIpc) is 2.52. The molecule has 0 fully saturated rings. The zero-order chi connectivity index (χ0) is 16.9. The molecular formula is C19H23NO2S. The van der Waals surface area contributed by atoms with Crippen LogP contribution in [0.1, 0.15) is 26.3 Å². The van der Waals surface area contributed by atoms with Crippen LogP contribution in [-0.2, 0) is 10.2 Å². The smallest absolute Gasteiger partial charge is 0.262 e. The van der Waals surface area contributed by atoms with Gasteiger partial charge in [-0.2, -0.15) is 0 Å². The maximum absolute atomic E-state index is 12.1. The monoisotopic (exact) mass is 329 g/mol. The topological polar surface area (TPSA) is 38.3 Å². The van der Waals surface area contributed by atoms with E-state index in [2.05, 4.69) is 26.1 Å². The molecular weight excluding hydrogens is 306 g/mol. The molecule has 0 atom stereocenters. The van der Waals surface area contributed by atoms with Crippen molar-refractivity contribution >= 4 is 23.4 Å². The minimum atomic E-state index is -0.160. The third-order valence-corrected chi connectivity index (χ3v) is 4.13. The molecule has 0 radical (unpaired) electrons. The van der Waals surface area contributed by atoms with Gasteiger partial charge in [0.1, 0.15) is 5.75 Å². The zero-order valence-electron chi connectivity index (χ0n) is 14.1. The molecule has 4 heteroatoms. The lowest BCUT2D eigenvalue weighted by Crippen LogP contribution is -2.21. The number of amides is 1. The Balaban J connectivity index is 2.00. The van der Waals surface area contributed by atoms with Crippen molar-refractivity contribution < 1.29 is 9.53 Å². The molecule has 2 aromatic carbocycles. The van der Waals surface area contributed by atoms with Crippen molar-refractivity contribution in [2.45, 2.75) is 31.1 Å². The fourth-order valence-corrected chi connectivity index (χ4v) is 2.71. The number of thioether (sulfide) groups is 1. The Morgan fingerprint density at radius 2 is 1.87 bits per heavy atom. The van der Waals surface area contributed by atoms with E-state index in [4.69, 9.17) is 4.74 Å². The van der Waals surface area contributed by atoms with Crippen LogP contribution in [0.5, 0.6) is 5.75 Å². The maximum atomic E-state index is 12.1. The molecule has 0 aliphatic carbocycles. The minimum absolute atomic E-state index is 0.00338. The highest BCUT2D eigenvalue weighted by Crippen LogP contribution is 2.30. The second-order valence-electron chi connectivity index (χ2n) is 6.31. The number of hydrogen-bond donors (Lipinski definition) is 1. The molecule has 3 nitrogen and oxygen atoms in total. The van der Waals surface area contributed by atoms with E-state index in [1.807, 2.05) is 54.8 Å². The van der Waals surface area contributed by atoms with Crippen molar-refractivity contribution in [3.8, 4) is 5.75 Å². The van der Waals surface area contributed by atoms with E-state index in [0.29, 0.717) is 0 Å². The van der Waals surface area contributed by atoms with Gasteiger partial charge < -0.3 is 10.1 Å². The van der Waals surface area contributed by atoms with E-state index in [-0.39, 0.29) is 17.9 Å². The van der Waals surface area contributed by atoms with Gasteiger partial charge in [0.2, 0.25) is 0 Å². The third-order valence-electron chi connectivity index (χ3n) is 3.41. The van der Waals surface area contributed by atoms with Gasteiger partial charge in [-0.15, -0.1) is 11.8 Å². The summed E-state index contributed by atoms with van der Waals surface area (Å²) >= 11 is 1.64. The highest BCUT2D eigenvalue weighted by Gasteiger charge is 2.18. The standard InChI is InChI=1S/C19H23NO2S/c1-19(2,3)16-10-5-6-11-17(16)22-13-18(21)20-14-8-7-9-15(12-14)23-4/h5-12H,13H2,1-4H3,(H,20,21). The van der Waals surface area contributed by atoms with Crippen molar-refractivity contribution in [2.24, 2.45) is 0 Å². The SMILES string of the molecule is CSc1cccc(NC(=O)COc2ccccc2C(C)(C)C)c1. The molecule has 0 saturated carbocycles. The van der Waals surface area contributed by atoms with Crippen LogP contribution in [0.4, 0.5) is 5.69 Å². The number of carbonyl (C=O) groups excluding carboxylic acids is 1. The van der Waals surface area contributed by atoms with Gasteiger partial charge in [-0.3, -0.25) is 4.79 Å². The number of benzene rings is 2. The minimum Gasteiger partial charge on any atom is -0.483 e. The fraction of sp³-hybridized carbons (Fsp3) is 0.316. The second kappa shape index (κ2) is 7.55. The molecule has 0 aliphatic heterocycles. The number of nitrogens with one attached hydrogen (secondary N) is 1. The summed E-state index contributed by atoms with van der Waals surface area (Å²) in [5.74, 6) is 0.597. The van der Waals surface area contributed by atoms with E-state index in [1.165, 1.54) is 0 Å². The third kappa shape index (κ3) is 5.03. The molecule has 122 valence electrons. The molecule has 1 N–H and O–H groups in total. The molecule has 0 aliphatic rings. The molecule has 0 spiro atoms. The van der Waals surface area contributed by atoms with E-state index in [0.717, 1.165) is 21.9 Å². The summed E-state index contributed by atoms with van der Waals surface area (Å²) in [5, 5.41) is 2.87. The van der Waals surface area contributed by atoms with Crippen molar-refractivity contribution in [3.63, 3.8) is 0 Å². The molecule has 2 rings (SSSR count). The van der Waals surface area contributed by atoms with Crippen LogP contribution < -0.4 is 10.1 Å². The molecule has 1 amide bonds. The van der Waals surface area contributed by atoms with Gasteiger partial charge in [0, 0.05) is 10.6 Å². The summed E-state index contributed by atoms with van der Waals surface area (Å²) in [7, 11) is 0. The predicted molar refractivity (Wildman–Crippen MR) is 97.5 cm³/mol. The lowest BCUT2D eigenvalue weighted by molar-refractivity contribution is -0.118. The van der Waals surface area contributed by atoms with E-state index in [1.54, 1.807) is 11.8 Å². The normalized spacial score (nSPS) is 11.1. The van der Waals surface area contributed by atoms with Crippen molar-refractivity contribution in [1.29, 1.82) is 0 Å². The first kappa shape index (κ1) is 17.4. The van der Waals surface area contributed by atoms with E-state index < -0.39 is 0 Å². The summed E-state index contributed by atoms with van der Waals surface area (Å²) in [5.41, 5.74) is 1.85. The van der Waals surface area contributed by atoms with Crippen LogP contribution >= 0.6 is 11.8 Å². The quantitative estimate of drug-likeness (QED) is 0.806. The van der Waals surface area contributed by atoms with Gasteiger partial charge in [0.25, 0.3) is 5.91 Å². The van der Waals surface area contributed by atoms with Gasteiger partial charge >= 0.3 is 0 Å². The van der Waals surface area contributed by atoms with Gasteiger partial charge in [0.05, 0.1) is 0 Å². The number of ether oxygens (including phenoxy) is 1. The Kier molecular flexibility index (Phi) is 5.72. The molecule has 23 heavy (non-hydrogen) atoms. The second-order valence-corrected chi connectivity index (χ2v) is 7.19. The Morgan fingerprint density at radius 1 is 1.13 bits per heavy atom. The Labute approximate surface area is 142 Å². The largest absolute Gasteiger partial charge is 0.483 e. The van der Waals surface area contributed by atoms with Gasteiger partial charge in [-0.1, -0.05) is 45.0 Å². The summed E-state index contributed by atoms with van der Waals surface area (Å²) in [4.78, 5) is 13.2. The van der Waals surface area contributed by atoms with Crippen molar-refractivity contribution in [1.82, 2.24) is 0 Å². The first-order valence-corrected chi connectivity index (χ1v) is 8.79. The predicted octanol–water partition coefficient (Wildman–Crippen LogP) is 4.72. The molecule has 0 unspecified atom stereocenters. The lowest BCUT2D eigenvalue weighted by atomic mass is 9.86. The van der Waals surface area contributed by atoms with Crippen LogP contribution in [0.3, 0.4) is 0 Å². The summed E-state index contributed by atoms with van der Waals surface area (Å²) in [6.45, 7) is 6.38.